The minimum absolute atomic E-state index is 0.00427. The van der Waals surface area contributed by atoms with Gasteiger partial charge in [0.1, 0.15) is 42.5 Å². The smallest absolute Gasteiger partial charge is 0.335 e. The van der Waals surface area contributed by atoms with Crippen LogP contribution in [0.2, 0.25) is 15.1 Å². The number of carbonyl (C=O) groups excluding carboxylic acids is 3. The second-order valence-corrected chi connectivity index (χ2v) is 30.9. The Morgan fingerprint density at radius 3 is 1.18 bits per heavy atom. The van der Waals surface area contributed by atoms with Crippen LogP contribution in [0.25, 0.3) is 57.8 Å². The molecule has 3 saturated heterocycles. The van der Waals surface area contributed by atoms with E-state index in [4.69, 9.17) is 44.8 Å². The van der Waals surface area contributed by atoms with Crippen molar-refractivity contribution in [3.05, 3.63) is 345 Å². The Labute approximate surface area is 713 Å². The van der Waals surface area contributed by atoms with Gasteiger partial charge in [0, 0.05) is 110 Å². The molecule has 14 aromatic rings. The first-order valence-electron chi connectivity index (χ1n) is 39.4. The molecule has 3 fully saturated rings. The number of rotatable bonds is 19. The van der Waals surface area contributed by atoms with E-state index in [1.54, 1.807) is 134 Å². The number of piperidine rings is 3. The molecule has 5 N–H and O–H groups in total. The van der Waals surface area contributed by atoms with Crippen molar-refractivity contribution >= 4 is 94.1 Å². The predicted octanol–water partition coefficient (Wildman–Crippen LogP) is 14.8. The van der Waals surface area contributed by atoms with Crippen LogP contribution in [-0.2, 0) is 20.8 Å². The molecule has 0 radical (unpaired) electrons. The molecular formula is C91H77Cl3FN20O7+. The Morgan fingerprint density at radius 2 is 0.811 bits per heavy atom. The van der Waals surface area contributed by atoms with Gasteiger partial charge in [-0.05, 0) is 196 Å². The van der Waals surface area contributed by atoms with Gasteiger partial charge in [0.05, 0.1) is 70.5 Å². The molecule has 9 aromatic carbocycles. The van der Waals surface area contributed by atoms with Crippen LogP contribution in [-0.4, -0.2) is 167 Å². The number of amides is 3. The summed E-state index contributed by atoms with van der Waals surface area (Å²) in [6.45, 7) is 1.73. The molecule has 27 nitrogen and oxygen atoms in total. The number of aromatic nitrogens is 16. The van der Waals surface area contributed by atoms with Crippen molar-refractivity contribution < 1.29 is 43.6 Å². The van der Waals surface area contributed by atoms with Crippen molar-refractivity contribution in [2.75, 3.05) is 19.6 Å². The van der Waals surface area contributed by atoms with E-state index >= 15 is 0 Å². The predicted molar refractivity (Wildman–Crippen MR) is 457 cm³/mol. The molecule has 6 atom stereocenters. The van der Waals surface area contributed by atoms with Crippen LogP contribution in [0.4, 0.5) is 10.1 Å². The van der Waals surface area contributed by atoms with Gasteiger partial charge < -0.3 is 34.9 Å². The lowest BCUT2D eigenvalue weighted by molar-refractivity contribution is -0.353. The van der Waals surface area contributed by atoms with E-state index in [2.05, 4.69) is 97.9 Å². The number of H-pyrrole nitrogens is 2. The number of carbonyl (C=O) groups is 5. The summed E-state index contributed by atoms with van der Waals surface area (Å²) < 4.78 is 18.5. The number of carboxylic acids is 2. The van der Waals surface area contributed by atoms with Crippen molar-refractivity contribution in [1.29, 1.82) is 0 Å². The summed E-state index contributed by atoms with van der Waals surface area (Å²) in [6, 6.07) is 63.7. The number of benzene rings is 9. The van der Waals surface area contributed by atoms with Crippen molar-refractivity contribution in [3.8, 4) is 39.6 Å². The number of hydrogen-bond acceptors (Lipinski definition) is 16. The highest BCUT2D eigenvalue weighted by atomic mass is 35.5. The van der Waals surface area contributed by atoms with Crippen LogP contribution in [0.1, 0.15) is 140 Å². The minimum atomic E-state index is -1.00. The van der Waals surface area contributed by atoms with Crippen molar-refractivity contribution in [2.45, 2.75) is 80.8 Å². The lowest BCUT2D eigenvalue weighted by Gasteiger charge is -2.40. The molecule has 122 heavy (non-hydrogen) atoms. The number of halogens is 4. The number of fused-ring (bicyclic) bond motifs is 1. The molecule has 610 valence electrons. The number of aromatic carboxylic acids is 2. The molecular weight excluding hydrogens is 1610 g/mol. The summed E-state index contributed by atoms with van der Waals surface area (Å²) in [6.07, 6.45) is 23.6. The van der Waals surface area contributed by atoms with Crippen LogP contribution in [0, 0.1) is 5.82 Å². The largest absolute Gasteiger partial charge is 0.478 e. The number of nitrogens with one attached hydrogen (secondary N) is 3. The van der Waals surface area contributed by atoms with Gasteiger partial charge in [-0.1, -0.05) is 150 Å². The molecule has 0 bridgehead atoms. The van der Waals surface area contributed by atoms with E-state index in [9.17, 15) is 38.6 Å². The van der Waals surface area contributed by atoms with Crippen LogP contribution in [0.5, 0.6) is 0 Å². The monoisotopic (exact) mass is 1690 g/mol. The van der Waals surface area contributed by atoms with Crippen LogP contribution >= 0.6 is 34.8 Å². The standard InChI is InChI=1S/2C31H26ClN7O3.C29H24ClFN6O/c2*32-24-12-13-27(39-19-34-36-37-39)22(17-24)11-14-28(40)38-15-5-10-25(20-6-2-1-3-7-20)29(38)30-33-18-26(35-30)21-8-4-9-23(16-21)31(41)42;30-22-10-12-27(37-18-32-34-35-37)21(15-22)9-13-28(38)36-14-4-7-24(19-5-2-1-3-6-19)29(36)26-16-20-8-11-23(31)17-25(20)33-26/h2*1-4,6-9,11-14,16-19,25,29H,5,10,15H2,(H,33,35)(H,41,42);1-3,5-6,8-13,15,17-18,24,29H,4,7,14,16H2/p+1/b2*14-11+;13-9+/t2*25-,29-;/m10./s1. The summed E-state index contributed by atoms with van der Waals surface area (Å²) >= 11 is 18.8. The lowest BCUT2D eigenvalue weighted by Crippen LogP contribution is -2.70. The molecule has 4 aliphatic rings. The van der Waals surface area contributed by atoms with Gasteiger partial charge in [-0.3, -0.25) is 14.4 Å². The van der Waals surface area contributed by atoms with E-state index in [0.29, 0.717) is 103 Å². The first kappa shape index (κ1) is 81.4. The molecule has 0 spiro atoms. The third kappa shape index (κ3) is 18.6. The lowest BCUT2D eigenvalue weighted by atomic mass is 9.80. The minimum Gasteiger partial charge on any atom is -0.478 e. The zero-order chi connectivity index (χ0) is 84.2. The fourth-order valence-corrected chi connectivity index (χ4v) is 17.0. The summed E-state index contributed by atoms with van der Waals surface area (Å²) in [4.78, 5) is 89.9. The zero-order valence-corrected chi connectivity index (χ0v) is 67.4. The average molecular weight is 1690 g/mol. The van der Waals surface area contributed by atoms with Crippen molar-refractivity contribution in [2.24, 2.45) is 0 Å². The Morgan fingerprint density at radius 1 is 0.434 bits per heavy atom. The second-order valence-electron chi connectivity index (χ2n) is 29.5. The topological polar surface area (TPSA) is 338 Å². The highest BCUT2D eigenvalue weighted by Crippen LogP contribution is 2.45. The third-order valence-electron chi connectivity index (χ3n) is 22.1. The molecule has 3 amide bonds. The Balaban J connectivity index is 0.000000136. The number of aromatic amines is 2. The van der Waals surface area contributed by atoms with Gasteiger partial charge >= 0.3 is 11.9 Å². The maximum Gasteiger partial charge on any atom is 0.335 e. The molecule has 0 aliphatic carbocycles. The van der Waals surface area contributed by atoms with Gasteiger partial charge in [0.25, 0.3) is 0 Å². The van der Waals surface area contributed by atoms with E-state index in [0.717, 1.165) is 72.2 Å². The maximum absolute atomic E-state index is 14.0. The van der Waals surface area contributed by atoms with Crippen molar-refractivity contribution in [1.82, 2.24) is 95.3 Å². The molecule has 18 rings (SSSR count). The van der Waals surface area contributed by atoms with Crippen LogP contribution in [0.3, 0.4) is 0 Å². The Hall–Kier alpha value is -14.4. The number of nitrogens with zero attached hydrogens (tertiary/aromatic N) is 17. The highest BCUT2D eigenvalue weighted by Gasteiger charge is 2.44. The quantitative estimate of drug-likeness (QED) is 0.0470. The first-order valence-corrected chi connectivity index (χ1v) is 40.5. The molecule has 31 heteroatoms. The van der Waals surface area contributed by atoms with Gasteiger partial charge in [-0.15, -0.1) is 15.3 Å². The fraction of sp³-hybridized carbons (Fsp3) is 0.176. The summed E-state index contributed by atoms with van der Waals surface area (Å²) in [5.74, 6) is -1.33. The molecule has 9 heterocycles. The molecule has 2 unspecified atom stereocenters. The maximum atomic E-state index is 14.0. The zero-order valence-electron chi connectivity index (χ0n) is 65.1. The summed E-state index contributed by atoms with van der Waals surface area (Å²) in [5, 5.41) is 54.7. The molecule has 5 aromatic heterocycles. The number of likely N-dealkylation sites (tertiary alicyclic amines) is 3. The number of tetrazole rings is 3. The number of hydrogen-bond donors (Lipinski definition) is 5. The fourth-order valence-electron chi connectivity index (χ4n) is 16.5. The first-order chi connectivity index (χ1) is 59.5. The van der Waals surface area contributed by atoms with Crippen molar-refractivity contribution in [3.63, 3.8) is 0 Å². The Bertz CT molecular complexity index is 5970. The van der Waals surface area contributed by atoms with E-state index < -0.39 is 11.9 Å². The molecule has 0 saturated carbocycles. The summed E-state index contributed by atoms with van der Waals surface area (Å²) in [5.41, 5.74) is 13.6. The highest BCUT2D eigenvalue weighted by molar-refractivity contribution is 6.31. The summed E-state index contributed by atoms with van der Waals surface area (Å²) in [7, 11) is 0. The van der Waals surface area contributed by atoms with E-state index in [1.807, 2.05) is 93.6 Å². The van der Waals surface area contributed by atoms with Gasteiger partial charge in [0.15, 0.2) is 5.71 Å². The van der Waals surface area contributed by atoms with Crippen LogP contribution < -0.4 is 4.99 Å². The third-order valence-corrected chi connectivity index (χ3v) is 22.8. The van der Waals surface area contributed by atoms with Gasteiger partial charge in [-0.2, -0.15) is 14.0 Å². The SMILES string of the molecule is O=C(/C=C/c1cc(Cl)ccc1-n1cnnn1)N1CCCC(c2ccccc2)C1C1=[NH+]c2cc(F)ccc2C1.O=C(O)c1cccc(-c2cnc([C@@H]3[C@H](c4ccccc4)CCCN3C(=O)/C=C/c3cc(Cl)ccc3-n3cnnn3)[nH]2)c1.O=C(O)c1cccc(-c2cnc([C@H]3[C@@H](c4ccccc4)CCCN3C(=O)/C=C/c3cc(Cl)ccc3-n3cnnn3)[nH]2)c1. The van der Waals surface area contributed by atoms with Gasteiger partial charge in [-0.25, -0.2) is 28.9 Å². The van der Waals surface area contributed by atoms with Gasteiger partial charge in [0.2, 0.25) is 23.4 Å². The molecule has 4 aliphatic heterocycles. The second kappa shape index (κ2) is 37.3. The van der Waals surface area contributed by atoms with E-state index in [-0.39, 0.29) is 70.5 Å². The normalized spacial score (nSPS) is 17.6. The van der Waals surface area contributed by atoms with Crippen LogP contribution in [0.15, 0.2) is 262 Å². The number of imidazole rings is 2. The average Bonchev–Trinajstić information content (AvgIpc) is 1.53. The Kier molecular flexibility index (Phi) is 24.9. The van der Waals surface area contributed by atoms with E-state index in [1.165, 1.54) is 50.7 Å². The number of carboxylic acid groups (broad SMARTS) is 2.